The van der Waals surface area contributed by atoms with Crippen molar-refractivity contribution in [1.82, 2.24) is 9.97 Å². The fraction of sp³-hybridized carbons (Fsp3) is 0.192. The van der Waals surface area contributed by atoms with Crippen molar-refractivity contribution in [2.45, 2.75) is 33.6 Å². The monoisotopic (exact) mass is 410 g/mol. The molecule has 0 aliphatic carbocycles. The molecule has 156 valence electrons. The van der Waals surface area contributed by atoms with Crippen molar-refractivity contribution in [3.05, 3.63) is 89.1 Å². The van der Waals surface area contributed by atoms with E-state index in [2.05, 4.69) is 35.5 Å². The number of hydrogen-bond donors (Lipinski definition) is 2. The summed E-state index contributed by atoms with van der Waals surface area (Å²) in [7, 11) is 0. The summed E-state index contributed by atoms with van der Waals surface area (Å²) in [4.78, 5) is 22.1. The molecule has 2 N–H and O–H groups in total. The summed E-state index contributed by atoms with van der Waals surface area (Å²) in [5, 5.41) is 7.36. The van der Waals surface area contributed by atoms with Gasteiger partial charge in [-0.1, -0.05) is 50.2 Å². The highest BCUT2D eigenvalue weighted by molar-refractivity contribution is 6.05. The highest BCUT2D eigenvalue weighted by Gasteiger charge is 2.12. The van der Waals surface area contributed by atoms with Crippen LogP contribution in [0, 0.1) is 13.8 Å². The molecule has 0 saturated heterocycles. The van der Waals surface area contributed by atoms with Crippen LogP contribution in [-0.2, 0) is 0 Å². The topological polar surface area (TPSA) is 66.9 Å². The highest BCUT2D eigenvalue weighted by Crippen LogP contribution is 2.25. The largest absolute Gasteiger partial charge is 0.324 e. The molecule has 5 heteroatoms. The number of nitrogens with one attached hydrogen (secondary N) is 2. The first-order valence-corrected chi connectivity index (χ1v) is 10.4. The first-order chi connectivity index (χ1) is 14.9. The molecule has 0 unspecified atom stereocenters. The standard InChI is InChI=1S/C26H26N4O/c1-16(2)23-21-10-5-6-11-22(21)28-26(30-23)27-20-14-12-19(13-15-20)25(31)29-24-17(3)8-7-9-18(24)4/h5-16H,1-4H3,(H,29,31)(H,27,28,30). The van der Waals surface area contributed by atoms with E-state index in [-0.39, 0.29) is 11.8 Å². The summed E-state index contributed by atoms with van der Waals surface area (Å²) >= 11 is 0. The zero-order valence-corrected chi connectivity index (χ0v) is 18.2. The third-order valence-corrected chi connectivity index (χ3v) is 5.30. The van der Waals surface area contributed by atoms with Crippen LogP contribution in [-0.4, -0.2) is 15.9 Å². The number of carbonyl (C=O) groups is 1. The average molecular weight is 411 g/mol. The summed E-state index contributed by atoms with van der Waals surface area (Å²) in [6, 6.07) is 21.3. The van der Waals surface area contributed by atoms with E-state index in [4.69, 9.17) is 4.98 Å². The van der Waals surface area contributed by atoms with Gasteiger partial charge in [-0.2, -0.15) is 0 Å². The van der Waals surface area contributed by atoms with E-state index in [1.54, 1.807) is 12.1 Å². The van der Waals surface area contributed by atoms with Crippen molar-refractivity contribution in [3.63, 3.8) is 0 Å². The van der Waals surface area contributed by atoms with E-state index in [0.29, 0.717) is 11.5 Å². The van der Waals surface area contributed by atoms with Gasteiger partial charge in [0.2, 0.25) is 5.95 Å². The van der Waals surface area contributed by atoms with Gasteiger partial charge in [-0.05, 0) is 61.2 Å². The summed E-state index contributed by atoms with van der Waals surface area (Å²) < 4.78 is 0. The van der Waals surface area contributed by atoms with Gasteiger partial charge in [-0.3, -0.25) is 4.79 Å². The Morgan fingerprint density at radius 3 is 2.19 bits per heavy atom. The number of anilines is 3. The van der Waals surface area contributed by atoms with Crippen molar-refractivity contribution in [2.24, 2.45) is 0 Å². The van der Waals surface area contributed by atoms with Crippen molar-refractivity contribution < 1.29 is 4.79 Å². The van der Waals surface area contributed by atoms with Crippen LogP contribution in [0.3, 0.4) is 0 Å². The number of amides is 1. The van der Waals surface area contributed by atoms with Crippen LogP contribution in [0.15, 0.2) is 66.7 Å². The molecule has 1 aromatic heterocycles. The first-order valence-electron chi connectivity index (χ1n) is 10.4. The SMILES string of the molecule is Cc1cccc(C)c1NC(=O)c1ccc(Nc2nc(C(C)C)c3ccccc3n2)cc1. The lowest BCUT2D eigenvalue weighted by atomic mass is 10.0. The molecule has 0 fully saturated rings. The number of rotatable bonds is 5. The number of aryl methyl sites for hydroxylation is 2. The minimum Gasteiger partial charge on any atom is -0.324 e. The molecule has 0 aliphatic rings. The normalized spacial score (nSPS) is 11.0. The Bertz CT molecular complexity index is 1230. The number of benzene rings is 3. The van der Waals surface area contributed by atoms with Gasteiger partial charge in [0, 0.05) is 22.3 Å². The van der Waals surface area contributed by atoms with Gasteiger partial charge in [-0.15, -0.1) is 0 Å². The van der Waals surface area contributed by atoms with Crippen LogP contribution in [0.25, 0.3) is 10.9 Å². The van der Waals surface area contributed by atoms with Crippen LogP contribution in [0.5, 0.6) is 0 Å². The summed E-state index contributed by atoms with van der Waals surface area (Å²) in [6.07, 6.45) is 0. The second kappa shape index (κ2) is 8.56. The maximum Gasteiger partial charge on any atom is 0.255 e. The van der Waals surface area contributed by atoms with Gasteiger partial charge >= 0.3 is 0 Å². The molecular formula is C26H26N4O. The predicted molar refractivity (Wildman–Crippen MR) is 127 cm³/mol. The van der Waals surface area contributed by atoms with Crippen LogP contribution >= 0.6 is 0 Å². The van der Waals surface area contributed by atoms with Crippen molar-refractivity contribution in [2.75, 3.05) is 10.6 Å². The Hall–Kier alpha value is -3.73. The first kappa shape index (κ1) is 20.5. The Balaban J connectivity index is 1.54. The zero-order chi connectivity index (χ0) is 22.0. The third kappa shape index (κ3) is 4.40. The van der Waals surface area contributed by atoms with E-state index < -0.39 is 0 Å². The van der Waals surface area contributed by atoms with E-state index in [9.17, 15) is 4.79 Å². The number of aromatic nitrogens is 2. The van der Waals surface area contributed by atoms with Crippen LogP contribution in [0.2, 0.25) is 0 Å². The summed E-state index contributed by atoms with van der Waals surface area (Å²) in [5.74, 6) is 0.701. The number of nitrogens with zero attached hydrogens (tertiary/aromatic N) is 2. The van der Waals surface area contributed by atoms with Gasteiger partial charge < -0.3 is 10.6 Å². The van der Waals surface area contributed by atoms with Crippen LogP contribution in [0.1, 0.15) is 46.9 Å². The second-order valence-electron chi connectivity index (χ2n) is 8.03. The van der Waals surface area contributed by atoms with E-state index >= 15 is 0 Å². The van der Waals surface area contributed by atoms with Crippen LogP contribution < -0.4 is 10.6 Å². The molecule has 1 amide bonds. The molecular weight excluding hydrogens is 384 g/mol. The molecule has 0 radical (unpaired) electrons. The van der Waals surface area contributed by atoms with Gasteiger partial charge in [0.15, 0.2) is 0 Å². The molecule has 0 saturated carbocycles. The molecule has 5 nitrogen and oxygen atoms in total. The third-order valence-electron chi connectivity index (χ3n) is 5.30. The number of hydrogen-bond acceptors (Lipinski definition) is 4. The lowest BCUT2D eigenvalue weighted by Gasteiger charge is -2.13. The highest BCUT2D eigenvalue weighted by atomic mass is 16.1. The molecule has 1 heterocycles. The maximum absolute atomic E-state index is 12.7. The average Bonchev–Trinajstić information content (AvgIpc) is 2.76. The maximum atomic E-state index is 12.7. The van der Waals surface area contributed by atoms with Gasteiger partial charge in [-0.25, -0.2) is 9.97 Å². The van der Waals surface area contributed by atoms with Gasteiger partial charge in [0.25, 0.3) is 5.91 Å². The van der Waals surface area contributed by atoms with Gasteiger partial charge in [0.1, 0.15) is 0 Å². The fourth-order valence-corrected chi connectivity index (χ4v) is 3.63. The van der Waals surface area contributed by atoms with Crippen molar-refractivity contribution in [3.8, 4) is 0 Å². The number of para-hydroxylation sites is 2. The minimum atomic E-state index is -0.131. The summed E-state index contributed by atoms with van der Waals surface area (Å²) in [5.41, 5.74) is 6.29. The number of fused-ring (bicyclic) bond motifs is 1. The second-order valence-corrected chi connectivity index (χ2v) is 8.03. The molecule has 31 heavy (non-hydrogen) atoms. The van der Waals surface area contributed by atoms with E-state index in [0.717, 1.165) is 39.1 Å². The summed E-state index contributed by atoms with van der Waals surface area (Å²) in [6.45, 7) is 8.24. The molecule has 0 spiro atoms. The molecule has 4 rings (SSSR count). The quantitative estimate of drug-likeness (QED) is 0.401. The smallest absolute Gasteiger partial charge is 0.255 e. The van der Waals surface area contributed by atoms with E-state index in [1.807, 2.05) is 62.4 Å². The van der Waals surface area contributed by atoms with Crippen molar-refractivity contribution in [1.29, 1.82) is 0 Å². The van der Waals surface area contributed by atoms with Crippen LogP contribution in [0.4, 0.5) is 17.3 Å². The molecule has 0 aliphatic heterocycles. The lowest BCUT2D eigenvalue weighted by molar-refractivity contribution is 0.102. The fourth-order valence-electron chi connectivity index (χ4n) is 3.63. The number of carbonyl (C=O) groups excluding carboxylic acids is 1. The Kier molecular flexibility index (Phi) is 5.67. The molecule has 0 atom stereocenters. The van der Waals surface area contributed by atoms with Crippen molar-refractivity contribution >= 4 is 34.1 Å². The predicted octanol–water partition coefficient (Wildman–Crippen LogP) is 6.37. The minimum absolute atomic E-state index is 0.131. The Morgan fingerprint density at radius 2 is 1.52 bits per heavy atom. The molecule has 3 aromatic carbocycles. The van der Waals surface area contributed by atoms with Gasteiger partial charge in [0.05, 0.1) is 11.2 Å². The Morgan fingerprint density at radius 1 is 0.839 bits per heavy atom. The molecule has 0 bridgehead atoms. The van der Waals surface area contributed by atoms with E-state index in [1.165, 1.54) is 0 Å². The zero-order valence-electron chi connectivity index (χ0n) is 18.2. The Labute approximate surface area is 182 Å². The molecule has 4 aromatic rings. The lowest BCUT2D eigenvalue weighted by Crippen LogP contribution is -2.13.